The van der Waals surface area contributed by atoms with Crippen molar-refractivity contribution in [2.24, 2.45) is 0 Å². The van der Waals surface area contributed by atoms with Crippen LogP contribution in [0.5, 0.6) is 11.5 Å². The molecule has 2 atom stereocenters. The number of esters is 1. The molecule has 0 aromatic heterocycles. The van der Waals surface area contributed by atoms with Gasteiger partial charge in [-0.3, -0.25) is 0 Å². The third kappa shape index (κ3) is 7.97. The fraction of sp³-hybridized carbons (Fsp3) is 0.375. The van der Waals surface area contributed by atoms with Crippen molar-refractivity contribution < 1.29 is 41.4 Å². The van der Waals surface area contributed by atoms with Crippen LogP contribution in [0.2, 0.25) is 0 Å². The Hall–Kier alpha value is -4.28. The lowest BCUT2D eigenvalue weighted by Crippen LogP contribution is -2.45. The van der Waals surface area contributed by atoms with E-state index in [-0.39, 0.29) is 37.4 Å². The molecule has 11 heteroatoms. The monoisotopic (exact) mass is 602 g/mol. The second kappa shape index (κ2) is 13.4. The smallest absolute Gasteiger partial charge is 0.416 e. The van der Waals surface area contributed by atoms with E-state index < -0.39 is 29.1 Å². The minimum atomic E-state index is -4.41. The van der Waals surface area contributed by atoms with E-state index in [1.165, 1.54) is 30.3 Å². The summed E-state index contributed by atoms with van der Waals surface area (Å²) in [6, 6.07) is 17.4. The minimum absolute atomic E-state index is 0.0497. The standard InChI is InChI=1S/C32H34F4N2O5/c1-4-41-29(39)31(2,43-28-8-6-5-7-27(28)33)19-22-11-15-26(16-12-22)42-18-17-25-21-38(30(40)37(25)3)20-23-9-13-24(14-10-23)32(34,35)36/h5-16,25H,4,17-21H2,1-3H3. The lowest BCUT2D eigenvalue weighted by molar-refractivity contribution is -0.160. The summed E-state index contributed by atoms with van der Waals surface area (Å²) in [5, 5.41) is 0. The first-order valence-electron chi connectivity index (χ1n) is 13.9. The van der Waals surface area contributed by atoms with Crippen LogP contribution in [-0.4, -0.2) is 60.2 Å². The van der Waals surface area contributed by atoms with Gasteiger partial charge < -0.3 is 24.0 Å². The first kappa shape index (κ1) is 31.7. The summed E-state index contributed by atoms with van der Waals surface area (Å²) in [7, 11) is 1.69. The molecule has 3 aromatic rings. The van der Waals surface area contributed by atoms with Crippen molar-refractivity contribution in [2.45, 2.75) is 51.1 Å². The molecule has 4 rings (SSSR count). The van der Waals surface area contributed by atoms with Gasteiger partial charge >= 0.3 is 18.2 Å². The number of amides is 2. The predicted molar refractivity (Wildman–Crippen MR) is 151 cm³/mol. The topological polar surface area (TPSA) is 68.3 Å². The maximum atomic E-state index is 14.3. The molecule has 7 nitrogen and oxygen atoms in total. The van der Waals surface area contributed by atoms with Crippen LogP contribution in [0.25, 0.3) is 0 Å². The molecule has 0 aliphatic carbocycles. The first-order valence-corrected chi connectivity index (χ1v) is 13.9. The molecule has 1 aliphatic rings. The van der Waals surface area contributed by atoms with Crippen LogP contribution in [0.1, 0.15) is 37.0 Å². The van der Waals surface area contributed by atoms with Gasteiger partial charge in [0.25, 0.3) is 0 Å². The van der Waals surface area contributed by atoms with E-state index in [0.717, 1.165) is 17.7 Å². The summed E-state index contributed by atoms with van der Waals surface area (Å²) in [6.07, 6.45) is -3.73. The van der Waals surface area contributed by atoms with E-state index in [1.54, 1.807) is 61.0 Å². The number of rotatable bonds is 12. The van der Waals surface area contributed by atoms with Gasteiger partial charge in [-0.1, -0.05) is 36.4 Å². The van der Waals surface area contributed by atoms with Gasteiger partial charge in [-0.2, -0.15) is 13.2 Å². The second-order valence-corrected chi connectivity index (χ2v) is 10.6. The van der Waals surface area contributed by atoms with Gasteiger partial charge in [0, 0.05) is 33.0 Å². The van der Waals surface area contributed by atoms with Crippen molar-refractivity contribution in [1.82, 2.24) is 9.80 Å². The first-order chi connectivity index (χ1) is 20.4. The van der Waals surface area contributed by atoms with Gasteiger partial charge in [-0.15, -0.1) is 0 Å². The second-order valence-electron chi connectivity index (χ2n) is 10.6. The van der Waals surface area contributed by atoms with Crippen molar-refractivity contribution in [2.75, 3.05) is 26.8 Å². The molecule has 2 amide bonds. The van der Waals surface area contributed by atoms with Gasteiger partial charge in [0.2, 0.25) is 5.60 Å². The largest absolute Gasteiger partial charge is 0.494 e. The number of para-hydroxylation sites is 1. The number of ether oxygens (including phenoxy) is 3. The Morgan fingerprint density at radius 2 is 1.63 bits per heavy atom. The maximum Gasteiger partial charge on any atom is 0.416 e. The van der Waals surface area contributed by atoms with Gasteiger partial charge in [-0.25, -0.2) is 14.0 Å². The third-order valence-corrected chi connectivity index (χ3v) is 7.27. The van der Waals surface area contributed by atoms with Gasteiger partial charge in [0.1, 0.15) is 5.75 Å². The molecule has 0 radical (unpaired) electrons. The molecule has 0 saturated carbocycles. The van der Waals surface area contributed by atoms with Gasteiger partial charge in [-0.05, 0) is 61.4 Å². The quantitative estimate of drug-likeness (QED) is 0.175. The number of halogens is 4. The highest BCUT2D eigenvalue weighted by molar-refractivity contribution is 5.80. The Labute approximate surface area is 247 Å². The van der Waals surface area contributed by atoms with Gasteiger partial charge in [0.05, 0.1) is 24.8 Å². The average molecular weight is 603 g/mol. The lowest BCUT2D eigenvalue weighted by atomic mass is 9.96. The molecule has 3 aromatic carbocycles. The molecule has 1 saturated heterocycles. The highest BCUT2D eigenvalue weighted by atomic mass is 19.4. The Bertz CT molecular complexity index is 1400. The number of nitrogens with zero attached hydrogens (tertiary/aromatic N) is 2. The van der Waals surface area contributed by atoms with Crippen LogP contribution in [0.4, 0.5) is 22.4 Å². The van der Waals surface area contributed by atoms with E-state index in [1.807, 2.05) is 0 Å². The Morgan fingerprint density at radius 3 is 2.26 bits per heavy atom. The number of hydrogen-bond acceptors (Lipinski definition) is 5. The van der Waals surface area contributed by atoms with E-state index >= 15 is 0 Å². The van der Waals surface area contributed by atoms with Crippen LogP contribution in [0.15, 0.2) is 72.8 Å². The minimum Gasteiger partial charge on any atom is -0.494 e. The summed E-state index contributed by atoms with van der Waals surface area (Å²) in [4.78, 5) is 28.7. The molecule has 2 unspecified atom stereocenters. The predicted octanol–water partition coefficient (Wildman–Crippen LogP) is 6.49. The molecule has 1 aliphatic heterocycles. The Morgan fingerprint density at radius 1 is 0.977 bits per heavy atom. The van der Waals surface area contributed by atoms with E-state index in [2.05, 4.69) is 0 Å². The van der Waals surface area contributed by atoms with Crippen LogP contribution in [0.3, 0.4) is 0 Å². The van der Waals surface area contributed by atoms with E-state index in [9.17, 15) is 27.2 Å². The van der Waals surface area contributed by atoms with Crippen molar-refractivity contribution in [3.8, 4) is 11.5 Å². The van der Waals surface area contributed by atoms with E-state index in [4.69, 9.17) is 14.2 Å². The summed E-state index contributed by atoms with van der Waals surface area (Å²) in [6.45, 7) is 4.35. The molecule has 0 N–H and O–H groups in total. The molecular formula is C32H34F4N2O5. The van der Waals surface area contributed by atoms with Crippen LogP contribution in [0, 0.1) is 5.82 Å². The average Bonchev–Trinajstić information content (AvgIpc) is 3.23. The highest BCUT2D eigenvalue weighted by Gasteiger charge is 2.39. The van der Waals surface area contributed by atoms with Crippen molar-refractivity contribution in [3.05, 3.63) is 95.3 Å². The van der Waals surface area contributed by atoms with E-state index in [0.29, 0.717) is 30.9 Å². The van der Waals surface area contributed by atoms with Crippen LogP contribution >= 0.6 is 0 Å². The van der Waals surface area contributed by atoms with Crippen LogP contribution in [-0.2, 0) is 28.7 Å². The summed E-state index contributed by atoms with van der Waals surface area (Å²) >= 11 is 0. The zero-order chi connectivity index (χ0) is 31.2. The summed E-state index contributed by atoms with van der Waals surface area (Å²) in [5.41, 5.74) is -0.829. The van der Waals surface area contributed by atoms with Gasteiger partial charge in [0.15, 0.2) is 11.6 Å². The lowest BCUT2D eigenvalue weighted by Gasteiger charge is -2.28. The molecule has 1 heterocycles. The normalized spacial score (nSPS) is 16.6. The number of carbonyl (C=O) groups excluding carboxylic acids is 2. The number of urea groups is 1. The zero-order valence-corrected chi connectivity index (χ0v) is 24.2. The highest BCUT2D eigenvalue weighted by Crippen LogP contribution is 2.30. The number of likely N-dealkylation sites (N-methyl/N-ethyl adjacent to an activating group) is 1. The number of hydrogen-bond donors (Lipinski definition) is 0. The molecule has 0 spiro atoms. The fourth-order valence-corrected chi connectivity index (χ4v) is 4.88. The molecule has 230 valence electrons. The molecule has 0 bridgehead atoms. The summed E-state index contributed by atoms with van der Waals surface area (Å²) < 4.78 is 69.7. The molecule has 43 heavy (non-hydrogen) atoms. The SMILES string of the molecule is CCOC(=O)C(C)(Cc1ccc(OCCC2CN(Cc3ccc(C(F)(F)F)cc3)C(=O)N2C)cc1)Oc1ccccc1F. The zero-order valence-electron chi connectivity index (χ0n) is 24.2. The van der Waals surface area contributed by atoms with Crippen LogP contribution < -0.4 is 9.47 Å². The number of carbonyl (C=O) groups is 2. The molecular weight excluding hydrogens is 568 g/mol. The Kier molecular flexibility index (Phi) is 9.83. The van der Waals surface area contributed by atoms with Crippen molar-refractivity contribution in [1.29, 1.82) is 0 Å². The Balaban J connectivity index is 1.31. The number of benzene rings is 3. The maximum absolute atomic E-state index is 14.3. The van der Waals surface area contributed by atoms with Crippen molar-refractivity contribution >= 4 is 12.0 Å². The molecule has 1 fully saturated rings. The van der Waals surface area contributed by atoms with Crippen molar-refractivity contribution in [3.63, 3.8) is 0 Å². The third-order valence-electron chi connectivity index (χ3n) is 7.27. The number of alkyl halides is 3. The summed E-state index contributed by atoms with van der Waals surface area (Å²) in [5.74, 6) is -0.656. The fourth-order valence-electron chi connectivity index (χ4n) is 4.88.